The van der Waals surface area contributed by atoms with Gasteiger partial charge < -0.3 is 14.5 Å². The molecule has 0 spiro atoms. The van der Waals surface area contributed by atoms with Gasteiger partial charge in [-0.25, -0.2) is 8.42 Å². The number of nitrogens with zero attached hydrogens (tertiary/aromatic N) is 3. The van der Waals surface area contributed by atoms with Crippen molar-refractivity contribution in [2.45, 2.75) is 18.7 Å². The van der Waals surface area contributed by atoms with Crippen LogP contribution in [0.5, 0.6) is 5.75 Å². The zero-order chi connectivity index (χ0) is 25.9. The Hall–Kier alpha value is -3.23. The molecule has 1 saturated heterocycles. The second kappa shape index (κ2) is 10.8. The molecule has 1 fully saturated rings. The number of para-hydroxylation sites is 1. The number of benzene rings is 3. The zero-order valence-electron chi connectivity index (χ0n) is 20.6. The topological polar surface area (TPSA) is 70.2 Å². The third kappa shape index (κ3) is 5.44. The Balaban J connectivity index is 1.57. The van der Waals surface area contributed by atoms with Gasteiger partial charge in [0, 0.05) is 36.9 Å². The lowest BCUT2D eigenvalue weighted by molar-refractivity contribution is -0.129. The van der Waals surface area contributed by atoms with Crippen LogP contribution in [0.25, 0.3) is 0 Å². The van der Waals surface area contributed by atoms with Gasteiger partial charge in [0.1, 0.15) is 17.2 Å². The first-order chi connectivity index (χ1) is 17.2. The lowest BCUT2D eigenvalue weighted by Gasteiger charge is -2.37. The second-order valence-corrected chi connectivity index (χ2v) is 11.1. The molecule has 1 heterocycles. The summed E-state index contributed by atoms with van der Waals surface area (Å²) in [6, 6.07) is 19.5. The number of hydrogen-bond donors (Lipinski definition) is 0. The van der Waals surface area contributed by atoms with Crippen LogP contribution >= 0.6 is 11.6 Å². The SMILES string of the molecule is COc1ccc(C)cc1S(=O)(=O)N(CC(=O)N1CCN(c2cc(Cl)ccc2C)CC1)c1ccccc1. The summed E-state index contributed by atoms with van der Waals surface area (Å²) in [5.74, 6) is -0.0176. The first-order valence-corrected chi connectivity index (χ1v) is 13.5. The minimum Gasteiger partial charge on any atom is -0.495 e. The number of rotatable bonds is 7. The zero-order valence-corrected chi connectivity index (χ0v) is 22.2. The molecule has 0 N–H and O–H groups in total. The van der Waals surface area contributed by atoms with Crippen LogP contribution in [-0.2, 0) is 14.8 Å². The maximum atomic E-state index is 13.8. The van der Waals surface area contributed by atoms with Crippen molar-refractivity contribution in [1.29, 1.82) is 0 Å². The summed E-state index contributed by atoms with van der Waals surface area (Å²) in [5, 5.41) is 0.671. The molecule has 1 aliphatic heterocycles. The summed E-state index contributed by atoms with van der Waals surface area (Å²) < 4.78 is 34.2. The van der Waals surface area contributed by atoms with E-state index in [1.807, 2.05) is 32.0 Å². The van der Waals surface area contributed by atoms with E-state index in [1.165, 1.54) is 11.4 Å². The van der Waals surface area contributed by atoms with Crippen molar-refractivity contribution in [1.82, 2.24) is 4.90 Å². The highest BCUT2D eigenvalue weighted by molar-refractivity contribution is 7.93. The highest BCUT2D eigenvalue weighted by Crippen LogP contribution is 2.31. The Morgan fingerprint density at radius 3 is 2.33 bits per heavy atom. The predicted octanol–water partition coefficient (Wildman–Crippen LogP) is 4.51. The number of anilines is 2. The Morgan fingerprint density at radius 2 is 1.67 bits per heavy atom. The van der Waals surface area contributed by atoms with Crippen LogP contribution in [0.3, 0.4) is 0 Å². The molecule has 0 atom stereocenters. The highest BCUT2D eigenvalue weighted by Gasteiger charge is 2.32. The normalized spacial score (nSPS) is 14.0. The summed E-state index contributed by atoms with van der Waals surface area (Å²) in [4.78, 5) is 17.3. The van der Waals surface area contributed by atoms with Crippen LogP contribution in [0, 0.1) is 13.8 Å². The van der Waals surface area contributed by atoms with Gasteiger partial charge in [0.25, 0.3) is 10.0 Å². The number of piperazine rings is 1. The first-order valence-electron chi connectivity index (χ1n) is 11.7. The number of methoxy groups -OCH3 is 1. The van der Waals surface area contributed by atoms with E-state index in [-0.39, 0.29) is 23.1 Å². The fraction of sp³-hybridized carbons (Fsp3) is 0.296. The number of amides is 1. The molecule has 4 rings (SSSR count). The van der Waals surface area contributed by atoms with E-state index in [0.29, 0.717) is 36.9 Å². The number of carbonyl (C=O) groups is 1. The molecular formula is C27H30ClN3O4S. The summed E-state index contributed by atoms with van der Waals surface area (Å²) in [5.41, 5.74) is 3.37. The molecule has 3 aromatic carbocycles. The van der Waals surface area contributed by atoms with E-state index in [2.05, 4.69) is 4.90 Å². The van der Waals surface area contributed by atoms with Gasteiger partial charge in [0.15, 0.2) is 0 Å². The van der Waals surface area contributed by atoms with Crippen molar-refractivity contribution in [2.75, 3.05) is 49.0 Å². The number of halogens is 1. The molecule has 0 bridgehead atoms. The van der Waals surface area contributed by atoms with Gasteiger partial charge in [0.05, 0.1) is 12.8 Å². The maximum absolute atomic E-state index is 13.8. The van der Waals surface area contributed by atoms with E-state index in [4.69, 9.17) is 16.3 Å². The van der Waals surface area contributed by atoms with Crippen molar-refractivity contribution in [3.05, 3.63) is 82.9 Å². The Bertz CT molecular complexity index is 1340. The van der Waals surface area contributed by atoms with Gasteiger partial charge in [-0.2, -0.15) is 0 Å². The number of ether oxygens (including phenoxy) is 1. The van der Waals surface area contributed by atoms with E-state index in [9.17, 15) is 13.2 Å². The molecule has 36 heavy (non-hydrogen) atoms. The minimum atomic E-state index is -4.08. The Labute approximate surface area is 217 Å². The summed E-state index contributed by atoms with van der Waals surface area (Å²) >= 11 is 6.19. The number of carbonyl (C=O) groups excluding carboxylic acids is 1. The molecule has 3 aromatic rings. The smallest absolute Gasteiger partial charge is 0.268 e. The average Bonchev–Trinajstić information content (AvgIpc) is 2.89. The second-order valence-electron chi connectivity index (χ2n) is 8.80. The fourth-order valence-electron chi connectivity index (χ4n) is 4.36. The lowest BCUT2D eigenvalue weighted by Crippen LogP contribution is -2.52. The van der Waals surface area contributed by atoms with Crippen LogP contribution < -0.4 is 13.9 Å². The quantitative estimate of drug-likeness (QED) is 0.452. The molecule has 9 heteroatoms. The minimum absolute atomic E-state index is 0.0305. The van der Waals surface area contributed by atoms with Crippen molar-refractivity contribution < 1.29 is 17.9 Å². The average molecular weight is 528 g/mol. The number of hydrogen-bond acceptors (Lipinski definition) is 5. The molecule has 0 aromatic heterocycles. The third-order valence-corrected chi connectivity index (χ3v) is 8.38. The molecule has 1 amide bonds. The van der Waals surface area contributed by atoms with Gasteiger partial charge in [-0.1, -0.05) is 41.9 Å². The van der Waals surface area contributed by atoms with Crippen LogP contribution in [0.1, 0.15) is 11.1 Å². The Morgan fingerprint density at radius 1 is 0.972 bits per heavy atom. The molecule has 0 radical (unpaired) electrons. The molecular weight excluding hydrogens is 498 g/mol. The molecule has 0 aliphatic carbocycles. The molecule has 190 valence electrons. The lowest BCUT2D eigenvalue weighted by atomic mass is 10.1. The van der Waals surface area contributed by atoms with Gasteiger partial charge in [-0.3, -0.25) is 9.10 Å². The predicted molar refractivity (Wildman–Crippen MR) is 144 cm³/mol. The summed E-state index contributed by atoms with van der Waals surface area (Å²) in [6.07, 6.45) is 0. The number of sulfonamides is 1. The molecule has 0 saturated carbocycles. The maximum Gasteiger partial charge on any atom is 0.268 e. The third-order valence-electron chi connectivity index (χ3n) is 6.35. The molecule has 1 aliphatic rings. The summed E-state index contributed by atoms with van der Waals surface area (Å²) in [6.45, 7) is 5.79. The number of aryl methyl sites for hydroxylation is 2. The van der Waals surface area contributed by atoms with Crippen LogP contribution in [0.4, 0.5) is 11.4 Å². The van der Waals surface area contributed by atoms with Gasteiger partial charge in [0.2, 0.25) is 5.91 Å². The van der Waals surface area contributed by atoms with E-state index in [0.717, 1.165) is 16.8 Å². The van der Waals surface area contributed by atoms with E-state index in [1.54, 1.807) is 53.4 Å². The van der Waals surface area contributed by atoms with Gasteiger partial charge >= 0.3 is 0 Å². The molecule has 0 unspecified atom stereocenters. The van der Waals surface area contributed by atoms with Crippen LogP contribution in [0.2, 0.25) is 5.02 Å². The molecule has 7 nitrogen and oxygen atoms in total. The van der Waals surface area contributed by atoms with Crippen LogP contribution in [-0.4, -0.2) is 59.1 Å². The van der Waals surface area contributed by atoms with E-state index >= 15 is 0 Å². The largest absolute Gasteiger partial charge is 0.495 e. The van der Waals surface area contributed by atoms with Crippen molar-refractivity contribution in [3.63, 3.8) is 0 Å². The van der Waals surface area contributed by atoms with Crippen molar-refractivity contribution >= 4 is 38.9 Å². The highest BCUT2D eigenvalue weighted by atomic mass is 35.5. The first kappa shape index (κ1) is 25.9. The van der Waals surface area contributed by atoms with E-state index < -0.39 is 10.0 Å². The van der Waals surface area contributed by atoms with Gasteiger partial charge in [-0.05, 0) is 61.4 Å². The fourth-order valence-corrected chi connectivity index (χ4v) is 6.18. The standard InChI is InChI=1S/C27H30ClN3O4S/c1-20-9-12-25(35-3)26(17-20)36(33,34)31(23-7-5-4-6-8-23)19-27(32)30-15-13-29(14-16-30)24-18-22(28)11-10-21(24)2/h4-12,17-18H,13-16,19H2,1-3H3. The summed E-state index contributed by atoms with van der Waals surface area (Å²) in [7, 11) is -2.65. The van der Waals surface area contributed by atoms with Gasteiger partial charge in [-0.15, -0.1) is 0 Å². The van der Waals surface area contributed by atoms with Crippen molar-refractivity contribution in [2.24, 2.45) is 0 Å². The van der Waals surface area contributed by atoms with Crippen molar-refractivity contribution in [3.8, 4) is 5.75 Å². The monoisotopic (exact) mass is 527 g/mol. The Kier molecular flexibility index (Phi) is 7.76. The van der Waals surface area contributed by atoms with Crippen LogP contribution in [0.15, 0.2) is 71.6 Å².